The first-order valence-corrected chi connectivity index (χ1v) is 6.18. The molecule has 76 valence electrons. The third-order valence-electron chi connectivity index (χ3n) is 1.67. The van der Waals surface area contributed by atoms with Crippen LogP contribution in [0.25, 0.3) is 0 Å². The number of aromatic nitrogens is 1. The van der Waals surface area contributed by atoms with Gasteiger partial charge >= 0.3 is 0 Å². The van der Waals surface area contributed by atoms with Gasteiger partial charge in [0.2, 0.25) is 0 Å². The van der Waals surface area contributed by atoms with Crippen LogP contribution in [-0.4, -0.2) is 16.5 Å². The fourth-order valence-corrected chi connectivity index (χ4v) is 2.18. The van der Waals surface area contributed by atoms with Crippen LogP contribution in [0, 0.1) is 13.8 Å². The maximum absolute atomic E-state index is 4.44. The molecule has 14 heavy (non-hydrogen) atoms. The van der Waals surface area contributed by atoms with E-state index in [2.05, 4.69) is 48.8 Å². The molecule has 1 nitrogen and oxygen atoms in total. The van der Waals surface area contributed by atoms with Crippen molar-refractivity contribution in [1.29, 1.82) is 0 Å². The van der Waals surface area contributed by atoms with Crippen LogP contribution in [0.15, 0.2) is 29.3 Å². The second kappa shape index (κ2) is 6.14. The van der Waals surface area contributed by atoms with E-state index >= 15 is 0 Å². The van der Waals surface area contributed by atoms with Crippen molar-refractivity contribution in [2.24, 2.45) is 0 Å². The smallest absolute Gasteiger partial charge is 0.0968 e. The quantitative estimate of drug-likeness (QED) is 0.480. The lowest BCUT2D eigenvalue weighted by Gasteiger charge is -2.01. The molecule has 0 N–H and O–H groups in total. The lowest BCUT2D eigenvalue weighted by atomic mass is 10.3. The number of thiol groups is 1. The van der Waals surface area contributed by atoms with Crippen molar-refractivity contribution in [3.63, 3.8) is 0 Å². The van der Waals surface area contributed by atoms with Gasteiger partial charge in [0.25, 0.3) is 0 Å². The van der Waals surface area contributed by atoms with Crippen molar-refractivity contribution in [1.82, 2.24) is 4.98 Å². The average Bonchev–Trinajstić information content (AvgIpc) is 2.11. The van der Waals surface area contributed by atoms with Crippen LogP contribution in [0.5, 0.6) is 0 Å². The number of hydrogen-bond acceptors (Lipinski definition) is 3. The summed E-state index contributed by atoms with van der Waals surface area (Å²) in [4.78, 5) is 4.44. The molecule has 1 heterocycles. The van der Waals surface area contributed by atoms with Gasteiger partial charge in [-0.25, -0.2) is 4.98 Å². The third kappa shape index (κ3) is 4.20. The van der Waals surface area contributed by atoms with E-state index in [1.165, 1.54) is 5.56 Å². The molecule has 0 aliphatic heterocycles. The largest absolute Gasteiger partial charge is 0.247 e. The van der Waals surface area contributed by atoms with Crippen molar-refractivity contribution in [2.75, 3.05) is 11.5 Å². The summed E-state index contributed by atoms with van der Waals surface area (Å²) >= 11 is 5.86. The van der Waals surface area contributed by atoms with E-state index < -0.39 is 0 Å². The van der Waals surface area contributed by atoms with Crippen LogP contribution in [-0.2, 0) is 0 Å². The molecule has 0 aromatic carbocycles. The minimum atomic E-state index is 0.806. The molecule has 3 heteroatoms. The molecular formula is C11H15NS2. The van der Waals surface area contributed by atoms with Gasteiger partial charge in [-0.1, -0.05) is 12.2 Å². The first kappa shape index (κ1) is 11.7. The van der Waals surface area contributed by atoms with Crippen LogP contribution in [0.3, 0.4) is 0 Å². The Kier molecular flexibility index (Phi) is 5.12. The summed E-state index contributed by atoms with van der Waals surface area (Å²) in [6.45, 7) is 4.13. The van der Waals surface area contributed by atoms with Crippen molar-refractivity contribution < 1.29 is 0 Å². The maximum Gasteiger partial charge on any atom is 0.0968 e. The van der Waals surface area contributed by atoms with E-state index in [0.29, 0.717) is 0 Å². The van der Waals surface area contributed by atoms with Gasteiger partial charge in [0.1, 0.15) is 0 Å². The highest BCUT2D eigenvalue weighted by Crippen LogP contribution is 2.17. The van der Waals surface area contributed by atoms with Gasteiger partial charge in [-0.3, -0.25) is 0 Å². The van der Waals surface area contributed by atoms with E-state index in [1.54, 1.807) is 11.8 Å². The van der Waals surface area contributed by atoms with E-state index in [0.717, 1.165) is 22.2 Å². The summed E-state index contributed by atoms with van der Waals surface area (Å²) in [7, 11) is 0. The minimum absolute atomic E-state index is 0.806. The molecule has 0 aliphatic carbocycles. The van der Waals surface area contributed by atoms with Crippen molar-refractivity contribution in [3.8, 4) is 0 Å². The lowest BCUT2D eigenvalue weighted by molar-refractivity contribution is 1.05. The molecule has 0 spiro atoms. The number of rotatable bonds is 4. The van der Waals surface area contributed by atoms with Crippen LogP contribution in [0.4, 0.5) is 0 Å². The van der Waals surface area contributed by atoms with E-state index in [4.69, 9.17) is 0 Å². The number of nitrogens with zero attached hydrogens (tertiary/aromatic N) is 1. The molecule has 0 saturated carbocycles. The summed E-state index contributed by atoms with van der Waals surface area (Å²) in [5, 5.41) is 1.10. The predicted molar refractivity (Wildman–Crippen MR) is 67.4 cm³/mol. The van der Waals surface area contributed by atoms with Gasteiger partial charge in [-0.15, -0.1) is 11.8 Å². The Labute approximate surface area is 95.4 Å². The van der Waals surface area contributed by atoms with Crippen LogP contribution >= 0.6 is 24.4 Å². The van der Waals surface area contributed by atoms with Gasteiger partial charge < -0.3 is 0 Å². The number of pyridine rings is 1. The van der Waals surface area contributed by atoms with Crippen molar-refractivity contribution in [3.05, 3.63) is 35.5 Å². The highest BCUT2D eigenvalue weighted by atomic mass is 32.2. The number of thioether (sulfide) groups is 1. The molecule has 0 fully saturated rings. The van der Waals surface area contributed by atoms with Gasteiger partial charge in [-0.05, 0) is 31.5 Å². The number of aryl methyl sites for hydroxylation is 2. The molecular weight excluding hydrogens is 210 g/mol. The Bertz CT molecular complexity index is 301. The highest BCUT2D eigenvalue weighted by molar-refractivity contribution is 7.99. The Morgan fingerprint density at radius 1 is 1.36 bits per heavy atom. The molecule has 0 atom stereocenters. The summed E-state index contributed by atoms with van der Waals surface area (Å²) in [6.07, 6.45) is 4.18. The molecule has 0 amide bonds. The highest BCUT2D eigenvalue weighted by Gasteiger charge is 1.96. The lowest BCUT2D eigenvalue weighted by Crippen LogP contribution is -1.87. The first-order valence-electron chi connectivity index (χ1n) is 4.56. The van der Waals surface area contributed by atoms with Crippen LogP contribution in [0.2, 0.25) is 0 Å². The third-order valence-corrected chi connectivity index (χ3v) is 2.75. The van der Waals surface area contributed by atoms with Crippen molar-refractivity contribution >= 4 is 24.4 Å². The van der Waals surface area contributed by atoms with Gasteiger partial charge in [0, 0.05) is 17.2 Å². The Morgan fingerprint density at radius 3 is 2.79 bits per heavy atom. The summed E-state index contributed by atoms with van der Waals surface area (Å²) in [6, 6.07) is 4.21. The zero-order valence-electron chi connectivity index (χ0n) is 8.53. The molecule has 0 radical (unpaired) electrons. The summed E-state index contributed by atoms with van der Waals surface area (Å²) in [5.41, 5.74) is 2.36. The number of hydrogen-bond donors (Lipinski definition) is 1. The van der Waals surface area contributed by atoms with Gasteiger partial charge in [0.05, 0.1) is 5.03 Å². The fourth-order valence-electron chi connectivity index (χ4n) is 1.15. The molecule has 0 aliphatic rings. The Hall–Kier alpha value is -0.410. The normalized spacial score (nSPS) is 11.1. The average molecular weight is 225 g/mol. The van der Waals surface area contributed by atoms with Crippen molar-refractivity contribution in [2.45, 2.75) is 18.9 Å². The molecule has 1 aromatic rings. The van der Waals surface area contributed by atoms with E-state index in [-0.39, 0.29) is 0 Å². The van der Waals surface area contributed by atoms with Gasteiger partial charge in [0.15, 0.2) is 0 Å². The first-order chi connectivity index (χ1) is 6.72. The topological polar surface area (TPSA) is 12.9 Å². The molecule has 1 aromatic heterocycles. The molecule has 0 bridgehead atoms. The standard InChI is InChI=1S/C11H15NS2/c1-9-7-10(2)12-11(8-9)14-6-4-3-5-13/h3-4,7-8,13H,5-6H2,1-2H3/b4-3+. The predicted octanol–water partition coefficient (Wildman–Crippen LogP) is 3.28. The van der Waals surface area contributed by atoms with E-state index in [1.807, 2.05) is 6.92 Å². The monoisotopic (exact) mass is 225 g/mol. The minimum Gasteiger partial charge on any atom is -0.247 e. The SMILES string of the molecule is Cc1cc(C)nc(SC/C=C/CS)c1. The van der Waals surface area contributed by atoms with Crippen LogP contribution in [0.1, 0.15) is 11.3 Å². The second-order valence-electron chi connectivity index (χ2n) is 3.09. The molecule has 0 saturated heterocycles. The van der Waals surface area contributed by atoms with Crippen LogP contribution < -0.4 is 0 Å². The van der Waals surface area contributed by atoms with Gasteiger partial charge in [-0.2, -0.15) is 12.6 Å². The van der Waals surface area contributed by atoms with E-state index in [9.17, 15) is 0 Å². The Balaban J connectivity index is 2.54. The molecule has 1 rings (SSSR count). The molecule has 0 unspecified atom stereocenters. The second-order valence-corrected chi connectivity index (χ2v) is 4.49. The zero-order valence-corrected chi connectivity index (χ0v) is 10.2. The summed E-state index contributed by atoms with van der Waals surface area (Å²) in [5.74, 6) is 1.78. The summed E-state index contributed by atoms with van der Waals surface area (Å²) < 4.78 is 0. The maximum atomic E-state index is 4.44. The fraction of sp³-hybridized carbons (Fsp3) is 0.364. The Morgan fingerprint density at radius 2 is 2.14 bits per heavy atom. The zero-order chi connectivity index (χ0) is 10.4.